The fourth-order valence-corrected chi connectivity index (χ4v) is 2.24. The van der Waals surface area contributed by atoms with Gasteiger partial charge in [0.05, 0.1) is 12.9 Å². The molecule has 0 spiro atoms. The number of alkyl halides is 3. The van der Waals surface area contributed by atoms with Gasteiger partial charge in [0, 0.05) is 18.9 Å². The van der Waals surface area contributed by atoms with Crippen LogP contribution in [0.4, 0.5) is 19.0 Å². The second-order valence-corrected chi connectivity index (χ2v) is 5.10. The molecule has 3 heterocycles. The van der Waals surface area contributed by atoms with Crippen molar-refractivity contribution in [2.24, 2.45) is 0 Å². The van der Waals surface area contributed by atoms with E-state index in [1.165, 1.54) is 13.4 Å². The summed E-state index contributed by atoms with van der Waals surface area (Å²) in [5, 5.41) is 6.57. The summed E-state index contributed by atoms with van der Waals surface area (Å²) in [5.41, 5.74) is 0.502. The molecule has 0 radical (unpaired) electrons. The van der Waals surface area contributed by atoms with Crippen LogP contribution < -0.4 is 5.32 Å². The molecule has 0 bridgehead atoms. The van der Waals surface area contributed by atoms with Crippen molar-refractivity contribution in [3.05, 3.63) is 41.7 Å². The van der Waals surface area contributed by atoms with Crippen molar-refractivity contribution in [2.45, 2.75) is 19.1 Å². The Kier molecular flexibility index (Phi) is 4.14. The number of nitrogens with one attached hydrogen (secondary N) is 1. The first-order valence-corrected chi connectivity index (χ1v) is 6.99. The van der Waals surface area contributed by atoms with Crippen LogP contribution in [-0.4, -0.2) is 33.3 Å². The van der Waals surface area contributed by atoms with E-state index in [4.69, 9.17) is 9.15 Å². The van der Waals surface area contributed by atoms with Crippen molar-refractivity contribution in [1.82, 2.24) is 19.6 Å². The zero-order chi connectivity index (χ0) is 17.3. The number of methoxy groups -OCH3 is 1. The highest BCUT2D eigenvalue weighted by atomic mass is 19.4. The summed E-state index contributed by atoms with van der Waals surface area (Å²) >= 11 is 0. The zero-order valence-corrected chi connectivity index (χ0v) is 12.8. The Hall–Kier alpha value is -2.62. The van der Waals surface area contributed by atoms with Crippen LogP contribution in [0, 0.1) is 6.92 Å². The van der Waals surface area contributed by atoms with E-state index < -0.39 is 18.0 Å². The standard InChI is InChI=1S/C14H14F3N5O2/c1-8-6-11(19-9(7-23-2)10-4-3-5-24-10)22-13(18-8)20-12(21-22)14(15,16)17/h3-6,9,19H,7H2,1-2H3. The average Bonchev–Trinajstić information content (AvgIpc) is 3.15. The van der Waals surface area contributed by atoms with Crippen LogP contribution in [0.1, 0.15) is 23.3 Å². The Morgan fingerprint density at radius 2 is 2.17 bits per heavy atom. The lowest BCUT2D eigenvalue weighted by Gasteiger charge is -2.17. The minimum atomic E-state index is -4.65. The summed E-state index contributed by atoms with van der Waals surface area (Å²) in [4.78, 5) is 7.42. The molecule has 3 aromatic rings. The van der Waals surface area contributed by atoms with Gasteiger partial charge in [0.15, 0.2) is 0 Å². The number of nitrogens with zero attached hydrogens (tertiary/aromatic N) is 4. The zero-order valence-electron chi connectivity index (χ0n) is 12.8. The molecule has 0 amide bonds. The number of hydrogen-bond acceptors (Lipinski definition) is 6. The predicted octanol–water partition coefficient (Wildman–Crippen LogP) is 2.84. The maximum atomic E-state index is 12.8. The normalized spacial score (nSPS) is 13.4. The van der Waals surface area contributed by atoms with Gasteiger partial charge in [-0.25, -0.2) is 4.98 Å². The molecule has 0 aromatic carbocycles. The third-order valence-corrected chi connectivity index (χ3v) is 3.24. The Balaban J connectivity index is 2.02. The van der Waals surface area contributed by atoms with Crippen molar-refractivity contribution in [2.75, 3.05) is 19.0 Å². The summed E-state index contributed by atoms with van der Waals surface area (Å²) < 4.78 is 50.0. The molecule has 0 fully saturated rings. The van der Waals surface area contributed by atoms with E-state index in [2.05, 4.69) is 20.4 Å². The monoisotopic (exact) mass is 341 g/mol. The lowest BCUT2D eigenvalue weighted by atomic mass is 10.2. The summed E-state index contributed by atoms with van der Waals surface area (Å²) in [7, 11) is 1.52. The van der Waals surface area contributed by atoms with E-state index in [0.717, 1.165) is 4.52 Å². The topological polar surface area (TPSA) is 77.5 Å². The van der Waals surface area contributed by atoms with E-state index in [1.54, 1.807) is 25.1 Å². The number of ether oxygens (including phenoxy) is 1. The van der Waals surface area contributed by atoms with Crippen LogP contribution in [0.5, 0.6) is 0 Å². The van der Waals surface area contributed by atoms with E-state index >= 15 is 0 Å². The summed E-state index contributed by atoms with van der Waals surface area (Å²) in [5.74, 6) is -0.500. The highest BCUT2D eigenvalue weighted by Gasteiger charge is 2.37. The SMILES string of the molecule is COCC(Nc1cc(C)nc2nc(C(F)(F)F)nn12)c1ccco1. The smallest absolute Gasteiger partial charge is 0.453 e. The summed E-state index contributed by atoms with van der Waals surface area (Å²) in [6, 6.07) is 4.62. The fraction of sp³-hybridized carbons (Fsp3) is 0.357. The van der Waals surface area contributed by atoms with Crippen LogP contribution in [0.25, 0.3) is 5.78 Å². The van der Waals surface area contributed by atoms with Gasteiger partial charge in [0.2, 0.25) is 0 Å². The van der Waals surface area contributed by atoms with Crippen LogP contribution in [0.15, 0.2) is 28.9 Å². The van der Waals surface area contributed by atoms with Gasteiger partial charge in [-0.1, -0.05) is 0 Å². The van der Waals surface area contributed by atoms with Gasteiger partial charge in [-0.15, -0.1) is 5.10 Å². The third kappa shape index (κ3) is 3.18. The number of anilines is 1. The van der Waals surface area contributed by atoms with Crippen molar-refractivity contribution >= 4 is 11.6 Å². The van der Waals surface area contributed by atoms with Gasteiger partial charge in [-0.2, -0.15) is 22.7 Å². The molecule has 10 heteroatoms. The number of hydrogen-bond donors (Lipinski definition) is 1. The molecular formula is C14H14F3N5O2. The maximum Gasteiger partial charge on any atom is 0.453 e. The van der Waals surface area contributed by atoms with E-state index in [1.807, 2.05) is 0 Å². The largest absolute Gasteiger partial charge is 0.467 e. The van der Waals surface area contributed by atoms with Gasteiger partial charge in [-0.3, -0.25) is 0 Å². The van der Waals surface area contributed by atoms with Gasteiger partial charge < -0.3 is 14.5 Å². The van der Waals surface area contributed by atoms with E-state index in [-0.39, 0.29) is 12.4 Å². The molecule has 1 atom stereocenters. The first-order chi connectivity index (χ1) is 11.4. The number of halogens is 3. The Morgan fingerprint density at radius 3 is 2.79 bits per heavy atom. The molecule has 1 N–H and O–H groups in total. The third-order valence-electron chi connectivity index (χ3n) is 3.24. The molecule has 0 aliphatic rings. The Morgan fingerprint density at radius 1 is 1.38 bits per heavy atom. The lowest BCUT2D eigenvalue weighted by molar-refractivity contribution is -0.144. The highest BCUT2D eigenvalue weighted by molar-refractivity contribution is 5.46. The number of rotatable bonds is 5. The van der Waals surface area contributed by atoms with Crippen LogP contribution in [-0.2, 0) is 10.9 Å². The molecule has 0 saturated heterocycles. The lowest BCUT2D eigenvalue weighted by Crippen LogP contribution is -2.18. The molecule has 128 valence electrons. The highest BCUT2D eigenvalue weighted by Crippen LogP contribution is 2.28. The van der Waals surface area contributed by atoms with Crippen LogP contribution >= 0.6 is 0 Å². The van der Waals surface area contributed by atoms with Gasteiger partial charge in [-0.05, 0) is 19.1 Å². The molecule has 7 nitrogen and oxygen atoms in total. The van der Waals surface area contributed by atoms with Crippen molar-refractivity contribution < 1.29 is 22.3 Å². The van der Waals surface area contributed by atoms with Crippen molar-refractivity contribution in [3.8, 4) is 0 Å². The quantitative estimate of drug-likeness (QED) is 0.769. The molecule has 3 aromatic heterocycles. The number of fused-ring (bicyclic) bond motifs is 1. The predicted molar refractivity (Wildman–Crippen MR) is 77.5 cm³/mol. The molecule has 24 heavy (non-hydrogen) atoms. The number of aromatic nitrogens is 4. The van der Waals surface area contributed by atoms with Gasteiger partial charge in [0.25, 0.3) is 11.6 Å². The molecule has 0 saturated carbocycles. The van der Waals surface area contributed by atoms with Gasteiger partial charge in [0.1, 0.15) is 17.6 Å². The Labute approximate surface area is 134 Å². The van der Waals surface area contributed by atoms with Crippen molar-refractivity contribution in [3.63, 3.8) is 0 Å². The molecular weight excluding hydrogens is 327 g/mol. The van der Waals surface area contributed by atoms with Gasteiger partial charge >= 0.3 is 6.18 Å². The maximum absolute atomic E-state index is 12.8. The number of furan rings is 1. The first-order valence-electron chi connectivity index (χ1n) is 6.99. The molecule has 3 rings (SSSR count). The second-order valence-electron chi connectivity index (χ2n) is 5.10. The first kappa shape index (κ1) is 16.2. The minimum absolute atomic E-state index is 0.138. The van der Waals surface area contributed by atoms with E-state index in [0.29, 0.717) is 17.3 Å². The van der Waals surface area contributed by atoms with Crippen LogP contribution in [0.3, 0.4) is 0 Å². The minimum Gasteiger partial charge on any atom is -0.467 e. The summed E-state index contributed by atoms with van der Waals surface area (Å²) in [6.45, 7) is 1.91. The molecule has 0 aliphatic heterocycles. The summed E-state index contributed by atoms with van der Waals surface area (Å²) in [6.07, 6.45) is -3.14. The van der Waals surface area contributed by atoms with Crippen LogP contribution in [0.2, 0.25) is 0 Å². The Bertz CT molecular complexity index is 829. The number of aryl methyl sites for hydroxylation is 1. The molecule has 0 aliphatic carbocycles. The fourth-order valence-electron chi connectivity index (χ4n) is 2.24. The van der Waals surface area contributed by atoms with Crippen molar-refractivity contribution in [1.29, 1.82) is 0 Å². The average molecular weight is 341 g/mol. The second kappa shape index (κ2) is 6.11. The van der Waals surface area contributed by atoms with E-state index in [9.17, 15) is 13.2 Å². The molecule has 1 unspecified atom stereocenters.